The highest BCUT2D eigenvalue weighted by Crippen LogP contribution is 2.32. The molecule has 0 radical (unpaired) electrons. The number of rotatable bonds is 7. The average Bonchev–Trinajstić information content (AvgIpc) is 3.02. The molecule has 1 N–H and O–H groups in total. The Balaban J connectivity index is 1.61. The number of benzene rings is 1. The second-order valence-corrected chi connectivity index (χ2v) is 6.94. The first-order valence-corrected chi connectivity index (χ1v) is 8.38. The molecule has 0 spiro atoms. The predicted octanol–water partition coefficient (Wildman–Crippen LogP) is 2.62. The maximum atomic E-state index is 13.0. The molecule has 1 aliphatic carbocycles. The van der Waals surface area contributed by atoms with E-state index in [1.54, 1.807) is 0 Å². The van der Waals surface area contributed by atoms with E-state index in [-0.39, 0.29) is 17.8 Å². The van der Waals surface area contributed by atoms with Crippen molar-refractivity contribution in [3.05, 3.63) is 35.6 Å². The third kappa shape index (κ3) is 3.67. The van der Waals surface area contributed by atoms with Crippen LogP contribution in [0.3, 0.4) is 0 Å². The van der Waals surface area contributed by atoms with Crippen LogP contribution in [0.4, 0.5) is 4.39 Å². The Labute approximate surface area is 132 Å². The Kier molecular flexibility index (Phi) is 5.11. The first-order chi connectivity index (χ1) is 10.7. The Morgan fingerprint density at radius 1 is 1.18 bits per heavy atom. The SMILES string of the molecule is OCC1(CN(CCc2ccc(F)cc2)C2CCCC2)COC1. The summed E-state index contributed by atoms with van der Waals surface area (Å²) < 4.78 is 18.3. The highest BCUT2D eigenvalue weighted by atomic mass is 19.1. The van der Waals surface area contributed by atoms with Gasteiger partial charge in [-0.2, -0.15) is 0 Å². The van der Waals surface area contributed by atoms with Crippen LogP contribution in [0.25, 0.3) is 0 Å². The van der Waals surface area contributed by atoms with E-state index in [1.165, 1.54) is 43.4 Å². The van der Waals surface area contributed by atoms with Gasteiger partial charge in [0.2, 0.25) is 0 Å². The van der Waals surface area contributed by atoms with Crippen LogP contribution in [0.15, 0.2) is 24.3 Å². The maximum absolute atomic E-state index is 13.0. The smallest absolute Gasteiger partial charge is 0.123 e. The van der Waals surface area contributed by atoms with E-state index in [4.69, 9.17) is 4.74 Å². The molecule has 1 aromatic carbocycles. The van der Waals surface area contributed by atoms with Crippen LogP contribution in [-0.4, -0.2) is 49.0 Å². The Morgan fingerprint density at radius 3 is 2.41 bits per heavy atom. The lowest BCUT2D eigenvalue weighted by molar-refractivity contribution is -0.151. The van der Waals surface area contributed by atoms with Gasteiger partial charge in [0.15, 0.2) is 0 Å². The summed E-state index contributed by atoms with van der Waals surface area (Å²) in [5, 5.41) is 9.70. The molecular formula is C18H26FNO2. The van der Waals surface area contributed by atoms with Crippen LogP contribution >= 0.6 is 0 Å². The quantitative estimate of drug-likeness (QED) is 0.840. The molecule has 3 rings (SSSR count). The minimum atomic E-state index is -0.178. The number of nitrogens with zero attached hydrogens (tertiary/aromatic N) is 1. The standard InChI is InChI=1S/C18H26FNO2/c19-16-7-5-15(6-8-16)9-10-20(17-3-1-2-4-17)11-18(12-21)13-22-14-18/h5-8,17,21H,1-4,9-14H2. The van der Waals surface area contributed by atoms with Crippen LogP contribution in [0, 0.1) is 11.2 Å². The lowest BCUT2D eigenvalue weighted by atomic mass is 9.85. The monoisotopic (exact) mass is 307 g/mol. The highest BCUT2D eigenvalue weighted by Gasteiger charge is 2.41. The summed E-state index contributed by atoms with van der Waals surface area (Å²) in [7, 11) is 0. The van der Waals surface area contributed by atoms with Crippen molar-refractivity contribution in [3.63, 3.8) is 0 Å². The van der Waals surface area contributed by atoms with Crippen LogP contribution in [0.2, 0.25) is 0 Å². The van der Waals surface area contributed by atoms with Gasteiger partial charge in [0.1, 0.15) is 5.82 Å². The molecule has 1 saturated carbocycles. The van der Waals surface area contributed by atoms with E-state index in [0.717, 1.165) is 19.5 Å². The molecule has 1 heterocycles. The summed E-state index contributed by atoms with van der Waals surface area (Å²) in [5.41, 5.74) is 1.11. The highest BCUT2D eigenvalue weighted by molar-refractivity contribution is 5.16. The van der Waals surface area contributed by atoms with Gasteiger partial charge >= 0.3 is 0 Å². The first kappa shape index (κ1) is 15.9. The topological polar surface area (TPSA) is 32.7 Å². The van der Waals surface area contributed by atoms with Crippen molar-refractivity contribution in [2.45, 2.75) is 38.1 Å². The van der Waals surface area contributed by atoms with Crippen LogP contribution in [-0.2, 0) is 11.2 Å². The second-order valence-electron chi connectivity index (χ2n) is 6.94. The van der Waals surface area contributed by atoms with Gasteiger partial charge in [-0.1, -0.05) is 25.0 Å². The number of aliphatic hydroxyl groups is 1. The number of halogens is 1. The molecule has 22 heavy (non-hydrogen) atoms. The van der Waals surface area contributed by atoms with E-state index >= 15 is 0 Å². The first-order valence-electron chi connectivity index (χ1n) is 8.38. The fourth-order valence-electron chi connectivity index (χ4n) is 3.64. The van der Waals surface area contributed by atoms with E-state index in [0.29, 0.717) is 19.3 Å². The van der Waals surface area contributed by atoms with E-state index < -0.39 is 0 Å². The van der Waals surface area contributed by atoms with Crippen molar-refractivity contribution >= 4 is 0 Å². The van der Waals surface area contributed by atoms with Gasteiger partial charge in [-0.05, 0) is 37.0 Å². The molecule has 1 aliphatic heterocycles. The zero-order valence-electron chi connectivity index (χ0n) is 13.1. The molecule has 2 fully saturated rings. The number of hydrogen-bond donors (Lipinski definition) is 1. The van der Waals surface area contributed by atoms with E-state index in [1.807, 2.05) is 12.1 Å². The summed E-state index contributed by atoms with van der Waals surface area (Å²) >= 11 is 0. The fourth-order valence-corrected chi connectivity index (χ4v) is 3.64. The zero-order chi connectivity index (χ0) is 15.4. The summed E-state index contributed by atoms with van der Waals surface area (Å²) in [4.78, 5) is 2.54. The lowest BCUT2D eigenvalue weighted by Gasteiger charge is -2.45. The van der Waals surface area contributed by atoms with Crippen molar-refractivity contribution < 1.29 is 14.2 Å². The van der Waals surface area contributed by atoms with Gasteiger partial charge in [0.05, 0.1) is 25.2 Å². The third-order valence-electron chi connectivity index (χ3n) is 5.13. The van der Waals surface area contributed by atoms with Crippen LogP contribution < -0.4 is 0 Å². The normalized spacial score (nSPS) is 21.2. The summed E-state index contributed by atoms with van der Waals surface area (Å²) in [6, 6.07) is 7.44. The largest absolute Gasteiger partial charge is 0.396 e. The lowest BCUT2D eigenvalue weighted by Crippen LogP contribution is -2.55. The van der Waals surface area contributed by atoms with Crippen molar-refractivity contribution in [3.8, 4) is 0 Å². The summed E-state index contributed by atoms with van der Waals surface area (Å²) in [6.07, 6.45) is 6.05. The Hall–Kier alpha value is -0.970. The third-order valence-corrected chi connectivity index (χ3v) is 5.13. The van der Waals surface area contributed by atoms with Crippen LogP contribution in [0.1, 0.15) is 31.2 Å². The molecule has 0 amide bonds. The number of hydrogen-bond acceptors (Lipinski definition) is 3. The van der Waals surface area contributed by atoms with Gasteiger partial charge in [0, 0.05) is 19.1 Å². The van der Waals surface area contributed by atoms with E-state index in [9.17, 15) is 9.50 Å². The second kappa shape index (κ2) is 7.07. The number of aliphatic hydroxyl groups excluding tert-OH is 1. The fraction of sp³-hybridized carbons (Fsp3) is 0.667. The van der Waals surface area contributed by atoms with Crippen molar-refractivity contribution in [1.29, 1.82) is 0 Å². The number of ether oxygens (including phenoxy) is 1. The van der Waals surface area contributed by atoms with Gasteiger partial charge < -0.3 is 9.84 Å². The van der Waals surface area contributed by atoms with Gasteiger partial charge in [-0.3, -0.25) is 4.90 Å². The minimum absolute atomic E-state index is 0.0641. The molecule has 0 bridgehead atoms. The Bertz CT molecular complexity index is 461. The van der Waals surface area contributed by atoms with Gasteiger partial charge in [-0.25, -0.2) is 4.39 Å². The van der Waals surface area contributed by atoms with Crippen molar-refractivity contribution in [2.75, 3.05) is 32.9 Å². The van der Waals surface area contributed by atoms with Gasteiger partial charge in [0.25, 0.3) is 0 Å². The molecule has 0 atom stereocenters. The van der Waals surface area contributed by atoms with Gasteiger partial charge in [-0.15, -0.1) is 0 Å². The van der Waals surface area contributed by atoms with Crippen LogP contribution in [0.5, 0.6) is 0 Å². The van der Waals surface area contributed by atoms with Crippen molar-refractivity contribution in [2.24, 2.45) is 5.41 Å². The molecule has 0 unspecified atom stereocenters. The van der Waals surface area contributed by atoms with Crippen molar-refractivity contribution in [1.82, 2.24) is 4.90 Å². The van der Waals surface area contributed by atoms with E-state index in [2.05, 4.69) is 4.90 Å². The average molecular weight is 307 g/mol. The molecule has 3 nitrogen and oxygen atoms in total. The summed E-state index contributed by atoms with van der Waals surface area (Å²) in [5.74, 6) is -0.178. The Morgan fingerprint density at radius 2 is 1.86 bits per heavy atom. The molecular weight excluding hydrogens is 281 g/mol. The molecule has 1 saturated heterocycles. The molecule has 122 valence electrons. The molecule has 2 aliphatic rings. The summed E-state index contributed by atoms with van der Waals surface area (Å²) in [6.45, 7) is 3.42. The maximum Gasteiger partial charge on any atom is 0.123 e. The molecule has 0 aromatic heterocycles. The predicted molar refractivity (Wildman–Crippen MR) is 84.3 cm³/mol. The minimum Gasteiger partial charge on any atom is -0.396 e. The zero-order valence-corrected chi connectivity index (χ0v) is 13.1. The molecule has 4 heteroatoms. The molecule has 1 aromatic rings.